The molecule has 1 aliphatic heterocycles. The van der Waals surface area contributed by atoms with Crippen molar-refractivity contribution in [3.8, 4) is 0 Å². The number of benzene rings is 1. The van der Waals surface area contributed by atoms with E-state index in [0.29, 0.717) is 44.6 Å². The van der Waals surface area contributed by atoms with E-state index in [9.17, 15) is 14.0 Å². The second-order valence-electron chi connectivity index (χ2n) is 5.76. The summed E-state index contributed by atoms with van der Waals surface area (Å²) in [4.78, 5) is 28.0. The lowest BCUT2D eigenvalue weighted by atomic mass is 10.1. The number of piperazine rings is 1. The van der Waals surface area contributed by atoms with Crippen molar-refractivity contribution in [3.05, 3.63) is 59.8 Å². The Hall–Kier alpha value is -2.63. The minimum absolute atomic E-state index is 0.0697. The minimum atomic E-state index is -0.362. The van der Waals surface area contributed by atoms with Crippen molar-refractivity contribution >= 4 is 11.8 Å². The first-order valence-electron chi connectivity index (χ1n) is 7.98. The molecule has 0 spiro atoms. The standard InChI is InChI=1S/C18H19FN2O3/c19-15-5-3-14(4-6-15)18(23)21-11-9-20(10-12-21)17(22)8-7-16-2-1-13-24-16/h1-6,13H,7-12H2. The molecule has 0 N–H and O–H groups in total. The molecule has 126 valence electrons. The molecule has 5 nitrogen and oxygen atoms in total. The van der Waals surface area contributed by atoms with E-state index in [1.54, 1.807) is 22.1 Å². The van der Waals surface area contributed by atoms with E-state index < -0.39 is 0 Å². The Labute approximate surface area is 139 Å². The molecule has 1 aliphatic rings. The maximum atomic E-state index is 12.9. The highest BCUT2D eigenvalue weighted by Crippen LogP contribution is 2.12. The fourth-order valence-corrected chi connectivity index (χ4v) is 2.78. The molecule has 1 aromatic heterocycles. The van der Waals surface area contributed by atoms with Gasteiger partial charge in [0, 0.05) is 44.6 Å². The van der Waals surface area contributed by atoms with Gasteiger partial charge in [0.1, 0.15) is 11.6 Å². The van der Waals surface area contributed by atoms with Crippen LogP contribution in [0.3, 0.4) is 0 Å². The third-order valence-corrected chi connectivity index (χ3v) is 4.18. The predicted octanol–water partition coefficient (Wildman–Crippen LogP) is 2.34. The fraction of sp³-hybridized carbons (Fsp3) is 0.333. The molecule has 0 saturated carbocycles. The summed E-state index contributed by atoms with van der Waals surface area (Å²) in [5.74, 6) is 0.380. The van der Waals surface area contributed by atoms with Crippen LogP contribution >= 0.6 is 0 Å². The highest BCUT2D eigenvalue weighted by molar-refractivity contribution is 5.94. The zero-order valence-electron chi connectivity index (χ0n) is 13.3. The maximum Gasteiger partial charge on any atom is 0.253 e. The molecule has 2 amide bonds. The second kappa shape index (κ2) is 7.29. The molecule has 0 unspecified atom stereocenters. The van der Waals surface area contributed by atoms with Crippen molar-refractivity contribution in [1.29, 1.82) is 0 Å². The molecule has 0 atom stereocenters. The molecule has 0 aliphatic carbocycles. The average molecular weight is 330 g/mol. The van der Waals surface area contributed by atoms with Crippen molar-refractivity contribution in [2.45, 2.75) is 12.8 Å². The highest BCUT2D eigenvalue weighted by Gasteiger charge is 2.24. The molecule has 0 radical (unpaired) electrons. The van der Waals surface area contributed by atoms with Crippen LogP contribution in [0.25, 0.3) is 0 Å². The van der Waals surface area contributed by atoms with E-state index in [-0.39, 0.29) is 17.6 Å². The van der Waals surface area contributed by atoms with Crippen LogP contribution in [0.1, 0.15) is 22.5 Å². The number of hydrogen-bond donors (Lipinski definition) is 0. The molecule has 1 fully saturated rings. The summed E-state index contributed by atoms with van der Waals surface area (Å²) in [7, 11) is 0. The van der Waals surface area contributed by atoms with Gasteiger partial charge in [-0.25, -0.2) is 4.39 Å². The van der Waals surface area contributed by atoms with Crippen LogP contribution < -0.4 is 0 Å². The van der Waals surface area contributed by atoms with E-state index in [4.69, 9.17) is 4.42 Å². The van der Waals surface area contributed by atoms with Crippen molar-refractivity contribution in [1.82, 2.24) is 9.80 Å². The topological polar surface area (TPSA) is 53.8 Å². The fourth-order valence-electron chi connectivity index (χ4n) is 2.78. The monoisotopic (exact) mass is 330 g/mol. The van der Waals surface area contributed by atoms with Gasteiger partial charge >= 0.3 is 0 Å². The minimum Gasteiger partial charge on any atom is -0.469 e. The summed E-state index contributed by atoms with van der Waals surface area (Å²) in [6.07, 6.45) is 2.58. The Balaban J connectivity index is 1.49. The van der Waals surface area contributed by atoms with Crippen LogP contribution in [0.5, 0.6) is 0 Å². The summed E-state index contributed by atoms with van der Waals surface area (Å²) in [5.41, 5.74) is 0.467. The van der Waals surface area contributed by atoms with Gasteiger partial charge in [-0.2, -0.15) is 0 Å². The molecule has 1 saturated heterocycles. The zero-order valence-corrected chi connectivity index (χ0v) is 13.3. The number of rotatable bonds is 4. The number of carbonyl (C=O) groups excluding carboxylic acids is 2. The lowest BCUT2D eigenvalue weighted by Crippen LogP contribution is -2.50. The number of aryl methyl sites for hydroxylation is 1. The molecular weight excluding hydrogens is 311 g/mol. The van der Waals surface area contributed by atoms with Crippen LogP contribution in [0.4, 0.5) is 4.39 Å². The third kappa shape index (κ3) is 3.82. The van der Waals surface area contributed by atoms with Gasteiger partial charge in [0.25, 0.3) is 5.91 Å². The summed E-state index contributed by atoms with van der Waals surface area (Å²) in [5, 5.41) is 0. The van der Waals surface area contributed by atoms with Crippen LogP contribution in [0.2, 0.25) is 0 Å². The van der Waals surface area contributed by atoms with Crippen LogP contribution in [0, 0.1) is 5.82 Å². The molecule has 2 heterocycles. The van der Waals surface area contributed by atoms with E-state index in [0.717, 1.165) is 5.76 Å². The Kier molecular flexibility index (Phi) is 4.93. The predicted molar refractivity (Wildman–Crippen MR) is 85.9 cm³/mol. The quantitative estimate of drug-likeness (QED) is 0.865. The average Bonchev–Trinajstić information content (AvgIpc) is 3.13. The summed E-state index contributed by atoms with van der Waals surface area (Å²) in [6.45, 7) is 2.01. The first-order valence-corrected chi connectivity index (χ1v) is 7.98. The van der Waals surface area contributed by atoms with E-state index in [1.807, 2.05) is 6.07 Å². The molecule has 24 heavy (non-hydrogen) atoms. The van der Waals surface area contributed by atoms with E-state index >= 15 is 0 Å². The molecular formula is C18H19FN2O3. The van der Waals surface area contributed by atoms with Crippen LogP contribution in [0.15, 0.2) is 47.1 Å². The number of nitrogens with zero attached hydrogens (tertiary/aromatic N) is 2. The first-order chi connectivity index (χ1) is 11.6. The Bertz CT molecular complexity index is 690. The summed E-state index contributed by atoms with van der Waals surface area (Å²) < 4.78 is 18.2. The van der Waals surface area contributed by atoms with Crippen molar-refractivity contribution in [2.75, 3.05) is 26.2 Å². The van der Waals surface area contributed by atoms with Gasteiger partial charge < -0.3 is 14.2 Å². The summed E-state index contributed by atoms with van der Waals surface area (Å²) >= 11 is 0. The van der Waals surface area contributed by atoms with Crippen LogP contribution in [-0.2, 0) is 11.2 Å². The Morgan fingerprint density at radius 2 is 1.67 bits per heavy atom. The molecule has 6 heteroatoms. The van der Waals surface area contributed by atoms with Gasteiger partial charge in [-0.3, -0.25) is 9.59 Å². The van der Waals surface area contributed by atoms with Crippen molar-refractivity contribution in [2.24, 2.45) is 0 Å². The molecule has 2 aromatic rings. The van der Waals surface area contributed by atoms with Crippen molar-refractivity contribution < 1.29 is 18.4 Å². The van der Waals surface area contributed by atoms with E-state index in [1.165, 1.54) is 24.3 Å². The van der Waals surface area contributed by atoms with Gasteiger partial charge in [-0.05, 0) is 36.4 Å². The van der Waals surface area contributed by atoms with E-state index in [2.05, 4.69) is 0 Å². The van der Waals surface area contributed by atoms with Gasteiger partial charge in [-0.1, -0.05) is 0 Å². The third-order valence-electron chi connectivity index (χ3n) is 4.18. The molecule has 3 rings (SSSR count). The van der Waals surface area contributed by atoms with Crippen molar-refractivity contribution in [3.63, 3.8) is 0 Å². The van der Waals surface area contributed by atoms with Gasteiger partial charge in [-0.15, -0.1) is 0 Å². The first kappa shape index (κ1) is 16.2. The number of amides is 2. The number of carbonyl (C=O) groups is 2. The summed E-state index contributed by atoms with van der Waals surface area (Å²) in [6, 6.07) is 9.19. The highest BCUT2D eigenvalue weighted by atomic mass is 19.1. The smallest absolute Gasteiger partial charge is 0.253 e. The van der Waals surface area contributed by atoms with Crippen LogP contribution in [-0.4, -0.2) is 47.8 Å². The Morgan fingerprint density at radius 3 is 2.29 bits per heavy atom. The number of halogens is 1. The SMILES string of the molecule is O=C(CCc1ccco1)N1CCN(C(=O)c2ccc(F)cc2)CC1. The maximum absolute atomic E-state index is 12.9. The Morgan fingerprint density at radius 1 is 1.00 bits per heavy atom. The zero-order chi connectivity index (χ0) is 16.9. The van der Waals surface area contributed by atoms with Gasteiger partial charge in [0.2, 0.25) is 5.91 Å². The normalized spacial score (nSPS) is 14.7. The lowest BCUT2D eigenvalue weighted by Gasteiger charge is -2.34. The molecule has 1 aromatic carbocycles. The number of furan rings is 1. The largest absolute Gasteiger partial charge is 0.469 e. The second-order valence-corrected chi connectivity index (χ2v) is 5.76. The lowest BCUT2D eigenvalue weighted by molar-refractivity contribution is -0.132. The van der Waals surface area contributed by atoms with Gasteiger partial charge in [0.05, 0.1) is 6.26 Å². The van der Waals surface area contributed by atoms with Gasteiger partial charge in [0.15, 0.2) is 0 Å². The molecule has 0 bridgehead atoms. The number of hydrogen-bond acceptors (Lipinski definition) is 3.